The Morgan fingerprint density at radius 1 is 1.25 bits per heavy atom. The lowest BCUT2D eigenvalue weighted by atomic mass is 10.1. The van der Waals surface area contributed by atoms with Gasteiger partial charge >= 0.3 is 0 Å². The Bertz CT molecular complexity index is 599. The van der Waals surface area contributed by atoms with E-state index in [1.807, 2.05) is 6.07 Å². The second kappa shape index (κ2) is 6.30. The summed E-state index contributed by atoms with van der Waals surface area (Å²) < 4.78 is 13.1. The summed E-state index contributed by atoms with van der Waals surface area (Å²) in [5, 5.41) is 12.5. The standard InChI is InChI=1S/C16H16FNO2/c1-11-9-12(7-8-14(11)17)10-18-16(20)15(19)13-5-3-2-4-6-13/h2-9,15,19H,10H2,1H3,(H,18,20). The highest BCUT2D eigenvalue weighted by atomic mass is 19.1. The van der Waals surface area contributed by atoms with E-state index in [9.17, 15) is 14.3 Å². The van der Waals surface area contributed by atoms with Crippen LogP contribution in [-0.2, 0) is 11.3 Å². The van der Waals surface area contributed by atoms with E-state index in [0.717, 1.165) is 5.56 Å². The van der Waals surface area contributed by atoms with E-state index in [1.54, 1.807) is 43.3 Å². The van der Waals surface area contributed by atoms with E-state index < -0.39 is 12.0 Å². The minimum Gasteiger partial charge on any atom is -0.378 e. The highest BCUT2D eigenvalue weighted by molar-refractivity contribution is 5.81. The van der Waals surface area contributed by atoms with Crippen LogP contribution in [-0.4, -0.2) is 11.0 Å². The smallest absolute Gasteiger partial charge is 0.253 e. The third-order valence-electron chi connectivity index (χ3n) is 3.05. The van der Waals surface area contributed by atoms with E-state index >= 15 is 0 Å². The van der Waals surface area contributed by atoms with Crippen LogP contribution in [0.15, 0.2) is 48.5 Å². The predicted molar refractivity (Wildman–Crippen MR) is 74.4 cm³/mol. The second-order valence-corrected chi connectivity index (χ2v) is 4.61. The fraction of sp³-hybridized carbons (Fsp3) is 0.188. The summed E-state index contributed by atoms with van der Waals surface area (Å²) >= 11 is 0. The molecule has 0 heterocycles. The third kappa shape index (κ3) is 3.42. The lowest BCUT2D eigenvalue weighted by Gasteiger charge is -2.12. The summed E-state index contributed by atoms with van der Waals surface area (Å²) in [6.45, 7) is 1.92. The number of rotatable bonds is 4. The summed E-state index contributed by atoms with van der Waals surface area (Å²) in [5.74, 6) is -0.748. The maximum Gasteiger partial charge on any atom is 0.253 e. The first-order chi connectivity index (χ1) is 9.58. The van der Waals surface area contributed by atoms with Crippen molar-refractivity contribution in [3.8, 4) is 0 Å². The van der Waals surface area contributed by atoms with Crippen LogP contribution >= 0.6 is 0 Å². The van der Waals surface area contributed by atoms with Crippen LogP contribution in [0.5, 0.6) is 0 Å². The number of amides is 1. The van der Waals surface area contributed by atoms with Gasteiger partial charge in [0.15, 0.2) is 6.10 Å². The first-order valence-electron chi connectivity index (χ1n) is 6.33. The van der Waals surface area contributed by atoms with Gasteiger partial charge in [0.2, 0.25) is 0 Å². The van der Waals surface area contributed by atoms with Crippen molar-refractivity contribution in [1.82, 2.24) is 5.32 Å². The monoisotopic (exact) mass is 273 g/mol. The quantitative estimate of drug-likeness (QED) is 0.899. The van der Waals surface area contributed by atoms with Crippen molar-refractivity contribution in [3.63, 3.8) is 0 Å². The lowest BCUT2D eigenvalue weighted by Crippen LogP contribution is -2.28. The van der Waals surface area contributed by atoms with Crippen molar-refractivity contribution in [1.29, 1.82) is 0 Å². The molecule has 0 radical (unpaired) electrons. The number of carbonyl (C=O) groups excluding carboxylic acids is 1. The van der Waals surface area contributed by atoms with Gasteiger partial charge < -0.3 is 10.4 Å². The van der Waals surface area contributed by atoms with Gasteiger partial charge in [0.05, 0.1) is 0 Å². The number of hydrogen-bond acceptors (Lipinski definition) is 2. The van der Waals surface area contributed by atoms with Crippen LogP contribution < -0.4 is 5.32 Å². The Kier molecular flexibility index (Phi) is 4.48. The molecule has 0 aromatic heterocycles. The van der Waals surface area contributed by atoms with Gasteiger partial charge in [-0.1, -0.05) is 42.5 Å². The molecule has 2 aromatic carbocycles. The Hall–Kier alpha value is -2.20. The molecule has 0 aliphatic carbocycles. The van der Waals surface area contributed by atoms with Gasteiger partial charge in [-0.3, -0.25) is 4.79 Å². The van der Waals surface area contributed by atoms with Crippen molar-refractivity contribution >= 4 is 5.91 Å². The summed E-state index contributed by atoms with van der Waals surface area (Å²) in [4.78, 5) is 11.8. The highest BCUT2D eigenvalue weighted by Crippen LogP contribution is 2.13. The number of aliphatic hydroxyl groups is 1. The molecule has 4 heteroatoms. The molecule has 0 fully saturated rings. The molecule has 0 spiro atoms. The Morgan fingerprint density at radius 3 is 2.60 bits per heavy atom. The van der Waals surface area contributed by atoms with E-state index in [1.165, 1.54) is 6.07 Å². The van der Waals surface area contributed by atoms with Crippen LogP contribution in [0.1, 0.15) is 22.8 Å². The SMILES string of the molecule is Cc1cc(CNC(=O)C(O)c2ccccc2)ccc1F. The normalized spacial score (nSPS) is 11.9. The molecular weight excluding hydrogens is 257 g/mol. The largest absolute Gasteiger partial charge is 0.378 e. The molecule has 20 heavy (non-hydrogen) atoms. The van der Waals surface area contributed by atoms with E-state index in [0.29, 0.717) is 11.1 Å². The van der Waals surface area contributed by atoms with Crippen molar-refractivity contribution in [2.75, 3.05) is 0 Å². The van der Waals surface area contributed by atoms with Crippen LogP contribution in [0.2, 0.25) is 0 Å². The maximum atomic E-state index is 13.1. The van der Waals surface area contributed by atoms with E-state index in [-0.39, 0.29) is 12.4 Å². The predicted octanol–water partition coefficient (Wildman–Crippen LogP) is 2.48. The second-order valence-electron chi connectivity index (χ2n) is 4.61. The molecule has 0 aliphatic heterocycles. The molecule has 1 amide bonds. The van der Waals surface area contributed by atoms with Crippen molar-refractivity contribution in [2.24, 2.45) is 0 Å². The zero-order chi connectivity index (χ0) is 14.5. The topological polar surface area (TPSA) is 49.3 Å². The molecular formula is C16H16FNO2. The van der Waals surface area contributed by atoms with Crippen LogP contribution in [0.3, 0.4) is 0 Å². The molecule has 3 nitrogen and oxygen atoms in total. The molecule has 0 bridgehead atoms. The number of carbonyl (C=O) groups is 1. The number of aryl methyl sites for hydroxylation is 1. The zero-order valence-corrected chi connectivity index (χ0v) is 11.1. The fourth-order valence-corrected chi connectivity index (χ4v) is 1.89. The summed E-state index contributed by atoms with van der Waals surface area (Å²) in [6, 6.07) is 13.4. The maximum absolute atomic E-state index is 13.1. The highest BCUT2D eigenvalue weighted by Gasteiger charge is 2.16. The van der Waals surface area contributed by atoms with Gasteiger partial charge in [-0.15, -0.1) is 0 Å². The van der Waals surface area contributed by atoms with Gasteiger partial charge in [-0.25, -0.2) is 4.39 Å². The average molecular weight is 273 g/mol. The molecule has 2 rings (SSSR count). The van der Waals surface area contributed by atoms with E-state index in [2.05, 4.69) is 5.32 Å². The molecule has 0 saturated carbocycles. The minimum atomic E-state index is -1.20. The van der Waals surface area contributed by atoms with Crippen LogP contribution in [0.25, 0.3) is 0 Å². The summed E-state index contributed by atoms with van der Waals surface area (Å²) in [7, 11) is 0. The molecule has 1 atom stereocenters. The molecule has 0 saturated heterocycles. The van der Waals surface area contributed by atoms with Gasteiger partial charge in [0, 0.05) is 6.54 Å². The first-order valence-corrected chi connectivity index (χ1v) is 6.33. The minimum absolute atomic E-state index is 0.254. The van der Waals surface area contributed by atoms with Crippen molar-refractivity contribution < 1.29 is 14.3 Å². The molecule has 0 aliphatic rings. The van der Waals surface area contributed by atoms with Crippen molar-refractivity contribution in [3.05, 3.63) is 71.0 Å². The number of halogens is 1. The molecule has 1 unspecified atom stereocenters. The number of hydrogen-bond donors (Lipinski definition) is 2. The molecule has 104 valence electrons. The molecule has 2 aromatic rings. The zero-order valence-electron chi connectivity index (χ0n) is 11.1. The van der Waals surface area contributed by atoms with Gasteiger partial charge in [-0.2, -0.15) is 0 Å². The number of aliphatic hydroxyl groups excluding tert-OH is 1. The van der Waals surface area contributed by atoms with Crippen LogP contribution in [0.4, 0.5) is 4.39 Å². The Morgan fingerprint density at radius 2 is 1.95 bits per heavy atom. The number of nitrogens with one attached hydrogen (secondary N) is 1. The van der Waals surface area contributed by atoms with Gasteiger partial charge in [0.25, 0.3) is 5.91 Å². The Labute approximate surface area is 117 Å². The lowest BCUT2D eigenvalue weighted by molar-refractivity contribution is -0.129. The third-order valence-corrected chi connectivity index (χ3v) is 3.05. The molecule has 2 N–H and O–H groups in total. The van der Waals surface area contributed by atoms with Gasteiger partial charge in [-0.05, 0) is 29.7 Å². The fourth-order valence-electron chi connectivity index (χ4n) is 1.89. The van der Waals surface area contributed by atoms with Crippen molar-refractivity contribution in [2.45, 2.75) is 19.6 Å². The first kappa shape index (κ1) is 14.2. The van der Waals surface area contributed by atoms with E-state index in [4.69, 9.17) is 0 Å². The summed E-state index contributed by atoms with van der Waals surface area (Å²) in [6.07, 6.45) is -1.20. The summed E-state index contributed by atoms with van der Waals surface area (Å²) in [5.41, 5.74) is 1.86. The van der Waals surface area contributed by atoms with Gasteiger partial charge in [0.1, 0.15) is 5.82 Å². The van der Waals surface area contributed by atoms with Crippen LogP contribution in [0, 0.1) is 12.7 Å². The average Bonchev–Trinajstić information content (AvgIpc) is 2.48. The number of benzene rings is 2. The Balaban J connectivity index is 1.96.